The third-order valence-corrected chi connectivity index (χ3v) is 4.48. The molecule has 1 aromatic carbocycles. The number of amides is 2. The van der Waals surface area contributed by atoms with E-state index in [9.17, 15) is 4.79 Å². The molecule has 0 aliphatic carbocycles. The second-order valence-electron chi connectivity index (χ2n) is 5.98. The van der Waals surface area contributed by atoms with Crippen molar-refractivity contribution < 1.29 is 19.0 Å². The standard InChI is InChI=1S/C19H23N3O4/c1-24-16-9-13-6-8-22(12-15(13)10-17(16)25-2)19(23)21-11-14-5-4-7-20-18(14)26-3/h4-5,7,9-10H,6,8,11-12H2,1-3H3,(H,21,23). The van der Waals surface area contributed by atoms with Gasteiger partial charge in [-0.3, -0.25) is 0 Å². The summed E-state index contributed by atoms with van der Waals surface area (Å²) in [6, 6.07) is 7.52. The Labute approximate surface area is 152 Å². The number of urea groups is 1. The molecule has 0 fully saturated rings. The molecule has 0 atom stereocenters. The molecule has 7 heteroatoms. The largest absolute Gasteiger partial charge is 0.493 e. The highest BCUT2D eigenvalue weighted by Crippen LogP contribution is 2.33. The first-order chi connectivity index (χ1) is 12.7. The van der Waals surface area contributed by atoms with Crippen LogP contribution in [0, 0.1) is 0 Å². The molecule has 1 aliphatic heterocycles. The Morgan fingerprint density at radius 2 is 1.88 bits per heavy atom. The van der Waals surface area contributed by atoms with E-state index in [1.54, 1.807) is 32.4 Å². The van der Waals surface area contributed by atoms with E-state index in [-0.39, 0.29) is 6.03 Å². The number of fused-ring (bicyclic) bond motifs is 1. The zero-order chi connectivity index (χ0) is 18.5. The van der Waals surface area contributed by atoms with Gasteiger partial charge < -0.3 is 24.4 Å². The first-order valence-electron chi connectivity index (χ1n) is 8.40. The van der Waals surface area contributed by atoms with Gasteiger partial charge in [-0.25, -0.2) is 9.78 Å². The van der Waals surface area contributed by atoms with Gasteiger partial charge in [-0.15, -0.1) is 0 Å². The van der Waals surface area contributed by atoms with Crippen molar-refractivity contribution >= 4 is 6.03 Å². The Bertz CT molecular complexity index is 794. The predicted octanol–water partition coefficient (Wildman–Crippen LogP) is 2.38. The monoisotopic (exact) mass is 357 g/mol. The van der Waals surface area contributed by atoms with E-state index in [2.05, 4.69) is 10.3 Å². The molecule has 2 heterocycles. The van der Waals surface area contributed by atoms with Crippen LogP contribution in [0.1, 0.15) is 16.7 Å². The molecule has 0 bridgehead atoms. The minimum Gasteiger partial charge on any atom is -0.493 e. The molecule has 0 saturated heterocycles. The summed E-state index contributed by atoms with van der Waals surface area (Å²) >= 11 is 0. The molecule has 0 saturated carbocycles. The van der Waals surface area contributed by atoms with Crippen molar-refractivity contribution in [2.75, 3.05) is 27.9 Å². The Morgan fingerprint density at radius 3 is 2.58 bits per heavy atom. The first kappa shape index (κ1) is 17.8. The van der Waals surface area contributed by atoms with Crippen molar-refractivity contribution in [3.63, 3.8) is 0 Å². The lowest BCUT2D eigenvalue weighted by Crippen LogP contribution is -2.42. The number of aromatic nitrogens is 1. The van der Waals surface area contributed by atoms with Gasteiger partial charge in [0.05, 0.1) is 21.3 Å². The van der Waals surface area contributed by atoms with Crippen LogP contribution < -0.4 is 19.5 Å². The topological polar surface area (TPSA) is 72.9 Å². The molecule has 2 aromatic rings. The Kier molecular flexibility index (Phi) is 5.46. The molecule has 3 rings (SSSR count). The second kappa shape index (κ2) is 7.95. The molecular formula is C19H23N3O4. The fourth-order valence-electron chi connectivity index (χ4n) is 3.08. The van der Waals surface area contributed by atoms with E-state index in [1.807, 2.05) is 24.3 Å². The van der Waals surface area contributed by atoms with Crippen LogP contribution in [0.4, 0.5) is 4.79 Å². The number of carbonyl (C=O) groups excluding carboxylic acids is 1. The number of pyridine rings is 1. The number of carbonyl (C=O) groups is 1. The first-order valence-corrected chi connectivity index (χ1v) is 8.40. The molecule has 0 radical (unpaired) electrons. The van der Waals surface area contributed by atoms with Gasteiger partial charge >= 0.3 is 6.03 Å². The van der Waals surface area contributed by atoms with Gasteiger partial charge in [0.2, 0.25) is 5.88 Å². The van der Waals surface area contributed by atoms with Gasteiger partial charge in [-0.2, -0.15) is 0 Å². The molecule has 1 N–H and O–H groups in total. The number of nitrogens with zero attached hydrogens (tertiary/aromatic N) is 2. The van der Waals surface area contributed by atoms with E-state index < -0.39 is 0 Å². The smallest absolute Gasteiger partial charge is 0.317 e. The summed E-state index contributed by atoms with van der Waals surface area (Å²) in [5.74, 6) is 1.91. The van der Waals surface area contributed by atoms with Gasteiger partial charge in [0, 0.05) is 31.4 Å². The van der Waals surface area contributed by atoms with Crippen LogP contribution in [-0.2, 0) is 19.5 Å². The van der Waals surface area contributed by atoms with Crippen molar-refractivity contribution in [2.24, 2.45) is 0 Å². The van der Waals surface area contributed by atoms with Crippen LogP contribution in [0.2, 0.25) is 0 Å². The average molecular weight is 357 g/mol. The molecule has 26 heavy (non-hydrogen) atoms. The summed E-state index contributed by atoms with van der Waals surface area (Å²) in [5.41, 5.74) is 3.09. The van der Waals surface area contributed by atoms with Crippen LogP contribution in [0.3, 0.4) is 0 Å². The fourth-order valence-corrected chi connectivity index (χ4v) is 3.08. The Hall–Kier alpha value is -2.96. The number of nitrogens with one attached hydrogen (secondary N) is 1. The number of rotatable bonds is 5. The van der Waals surface area contributed by atoms with Crippen molar-refractivity contribution in [3.05, 3.63) is 47.2 Å². The molecule has 0 unspecified atom stereocenters. The van der Waals surface area contributed by atoms with E-state index in [4.69, 9.17) is 14.2 Å². The zero-order valence-corrected chi connectivity index (χ0v) is 15.2. The van der Waals surface area contributed by atoms with Crippen LogP contribution in [-0.4, -0.2) is 43.8 Å². The van der Waals surface area contributed by atoms with Crippen LogP contribution in [0.25, 0.3) is 0 Å². The van der Waals surface area contributed by atoms with Gasteiger partial charge in [0.1, 0.15) is 0 Å². The maximum absolute atomic E-state index is 12.6. The third kappa shape index (κ3) is 3.66. The summed E-state index contributed by atoms with van der Waals surface area (Å²) in [6.45, 7) is 1.55. The number of methoxy groups -OCH3 is 3. The summed E-state index contributed by atoms with van der Waals surface area (Å²) in [5, 5.41) is 2.94. The van der Waals surface area contributed by atoms with Crippen LogP contribution in [0.15, 0.2) is 30.5 Å². The number of hydrogen-bond donors (Lipinski definition) is 1. The fraction of sp³-hybridized carbons (Fsp3) is 0.368. The van der Waals surface area contributed by atoms with Gasteiger partial charge in [0.25, 0.3) is 0 Å². The summed E-state index contributed by atoms with van der Waals surface area (Å²) in [7, 11) is 4.80. The van der Waals surface area contributed by atoms with E-state index in [1.165, 1.54) is 5.56 Å². The van der Waals surface area contributed by atoms with Gasteiger partial charge in [0.15, 0.2) is 11.5 Å². The maximum atomic E-state index is 12.6. The predicted molar refractivity (Wildman–Crippen MR) is 96.7 cm³/mol. The maximum Gasteiger partial charge on any atom is 0.317 e. The van der Waals surface area contributed by atoms with E-state index in [0.29, 0.717) is 37.0 Å². The Balaban J connectivity index is 1.67. The van der Waals surface area contributed by atoms with Crippen molar-refractivity contribution in [1.82, 2.24) is 15.2 Å². The Morgan fingerprint density at radius 1 is 1.15 bits per heavy atom. The highest BCUT2D eigenvalue weighted by Gasteiger charge is 2.23. The highest BCUT2D eigenvalue weighted by molar-refractivity contribution is 5.74. The summed E-state index contributed by atoms with van der Waals surface area (Å²) in [6.07, 6.45) is 2.44. The molecular weight excluding hydrogens is 334 g/mol. The summed E-state index contributed by atoms with van der Waals surface area (Å²) in [4.78, 5) is 18.5. The van der Waals surface area contributed by atoms with E-state index >= 15 is 0 Å². The van der Waals surface area contributed by atoms with Crippen LogP contribution >= 0.6 is 0 Å². The quantitative estimate of drug-likeness (QED) is 0.889. The number of benzene rings is 1. The highest BCUT2D eigenvalue weighted by atomic mass is 16.5. The van der Waals surface area contributed by atoms with Gasteiger partial charge in [-0.1, -0.05) is 6.07 Å². The molecule has 2 amide bonds. The van der Waals surface area contributed by atoms with Crippen molar-refractivity contribution in [1.29, 1.82) is 0 Å². The van der Waals surface area contributed by atoms with Gasteiger partial charge in [-0.05, 0) is 35.7 Å². The van der Waals surface area contributed by atoms with Crippen molar-refractivity contribution in [3.8, 4) is 17.4 Å². The summed E-state index contributed by atoms with van der Waals surface area (Å²) < 4.78 is 15.9. The molecule has 7 nitrogen and oxygen atoms in total. The number of hydrogen-bond acceptors (Lipinski definition) is 5. The molecule has 0 spiro atoms. The minimum atomic E-state index is -0.114. The SMILES string of the molecule is COc1cc2c(cc1OC)CN(C(=O)NCc1cccnc1OC)CC2. The number of ether oxygens (including phenoxy) is 3. The van der Waals surface area contributed by atoms with Crippen molar-refractivity contribution in [2.45, 2.75) is 19.5 Å². The lowest BCUT2D eigenvalue weighted by Gasteiger charge is -2.29. The van der Waals surface area contributed by atoms with Crippen LogP contribution in [0.5, 0.6) is 17.4 Å². The zero-order valence-electron chi connectivity index (χ0n) is 15.2. The lowest BCUT2D eigenvalue weighted by molar-refractivity contribution is 0.191. The third-order valence-electron chi connectivity index (χ3n) is 4.48. The minimum absolute atomic E-state index is 0.114. The second-order valence-corrected chi connectivity index (χ2v) is 5.98. The molecule has 1 aliphatic rings. The lowest BCUT2D eigenvalue weighted by atomic mass is 9.99. The normalized spacial score (nSPS) is 13.0. The molecule has 138 valence electrons. The average Bonchev–Trinajstić information content (AvgIpc) is 2.70. The van der Waals surface area contributed by atoms with E-state index in [0.717, 1.165) is 17.5 Å². The molecule has 1 aromatic heterocycles.